The first-order valence-electron chi connectivity index (χ1n) is 10.3. The summed E-state index contributed by atoms with van der Waals surface area (Å²) in [6, 6.07) is 19.4. The van der Waals surface area contributed by atoms with Crippen LogP contribution in [-0.2, 0) is 9.59 Å². The van der Waals surface area contributed by atoms with Crippen molar-refractivity contribution in [3.63, 3.8) is 0 Å². The van der Waals surface area contributed by atoms with Crippen molar-refractivity contribution in [3.8, 4) is 0 Å². The number of para-hydroxylation sites is 1. The monoisotopic (exact) mass is 411 g/mol. The first-order chi connectivity index (χ1) is 14.8. The Labute approximate surface area is 182 Å². The van der Waals surface area contributed by atoms with Gasteiger partial charge in [0, 0.05) is 11.3 Å². The van der Waals surface area contributed by atoms with Crippen LogP contribution in [0.1, 0.15) is 27.8 Å². The molecule has 2 amide bonds. The van der Waals surface area contributed by atoms with Crippen LogP contribution in [0.3, 0.4) is 0 Å². The molecule has 0 unspecified atom stereocenters. The summed E-state index contributed by atoms with van der Waals surface area (Å²) in [6.07, 6.45) is 0. The number of nitrogens with one attached hydrogen (secondary N) is 1. The van der Waals surface area contributed by atoms with E-state index >= 15 is 0 Å². The second-order valence-electron chi connectivity index (χ2n) is 8.03. The lowest BCUT2D eigenvalue weighted by Gasteiger charge is -2.17. The van der Waals surface area contributed by atoms with Crippen molar-refractivity contribution >= 4 is 34.6 Å². The van der Waals surface area contributed by atoms with Gasteiger partial charge in [0.2, 0.25) is 5.91 Å². The topological polar surface area (TPSA) is 61.8 Å². The first kappa shape index (κ1) is 20.5. The maximum Gasteiger partial charge on any atom is 0.278 e. The molecule has 1 aliphatic heterocycles. The molecule has 0 aliphatic carbocycles. The van der Waals surface area contributed by atoms with Crippen LogP contribution in [0, 0.1) is 27.7 Å². The normalized spacial score (nSPS) is 14.1. The number of carbonyl (C=O) groups is 2. The van der Waals surface area contributed by atoms with Crippen molar-refractivity contribution < 1.29 is 9.59 Å². The molecule has 0 fully saturated rings. The number of fused-ring (bicyclic) bond motifs is 1. The van der Waals surface area contributed by atoms with E-state index in [0.717, 1.165) is 39.2 Å². The second-order valence-corrected chi connectivity index (χ2v) is 8.03. The van der Waals surface area contributed by atoms with Gasteiger partial charge in [-0.25, -0.2) is 4.99 Å². The van der Waals surface area contributed by atoms with Crippen LogP contribution in [0.15, 0.2) is 65.7 Å². The molecule has 0 saturated heterocycles. The maximum absolute atomic E-state index is 13.3. The average molecular weight is 412 g/mol. The Kier molecular flexibility index (Phi) is 5.42. The fourth-order valence-electron chi connectivity index (χ4n) is 3.69. The van der Waals surface area contributed by atoms with E-state index in [2.05, 4.69) is 5.32 Å². The molecule has 4 rings (SSSR count). The Bertz CT molecular complexity index is 1230. The van der Waals surface area contributed by atoms with Crippen LogP contribution in [0.25, 0.3) is 0 Å². The molecule has 0 radical (unpaired) electrons. The van der Waals surface area contributed by atoms with Gasteiger partial charge in [-0.15, -0.1) is 0 Å². The molecular weight excluding hydrogens is 386 g/mol. The Morgan fingerprint density at radius 2 is 1.58 bits per heavy atom. The largest absolute Gasteiger partial charge is 0.324 e. The van der Waals surface area contributed by atoms with Gasteiger partial charge >= 0.3 is 0 Å². The van der Waals surface area contributed by atoms with Crippen LogP contribution in [0.4, 0.5) is 17.1 Å². The van der Waals surface area contributed by atoms with E-state index in [1.54, 1.807) is 0 Å². The van der Waals surface area contributed by atoms with Crippen molar-refractivity contribution in [1.29, 1.82) is 0 Å². The smallest absolute Gasteiger partial charge is 0.278 e. The van der Waals surface area contributed by atoms with Crippen LogP contribution < -0.4 is 10.2 Å². The molecule has 31 heavy (non-hydrogen) atoms. The number of hydrogen-bond donors (Lipinski definition) is 1. The lowest BCUT2D eigenvalue weighted by molar-refractivity contribution is -0.118. The van der Waals surface area contributed by atoms with Gasteiger partial charge in [0.1, 0.15) is 12.3 Å². The molecule has 0 aromatic heterocycles. The highest BCUT2D eigenvalue weighted by atomic mass is 16.2. The molecule has 3 aromatic carbocycles. The third-order valence-corrected chi connectivity index (χ3v) is 5.46. The van der Waals surface area contributed by atoms with Crippen molar-refractivity contribution in [1.82, 2.24) is 0 Å². The molecule has 5 heteroatoms. The van der Waals surface area contributed by atoms with Crippen LogP contribution in [0.5, 0.6) is 0 Å². The number of benzene rings is 3. The van der Waals surface area contributed by atoms with Crippen molar-refractivity contribution in [2.45, 2.75) is 27.7 Å². The molecule has 1 heterocycles. The summed E-state index contributed by atoms with van der Waals surface area (Å²) in [5.41, 5.74) is 7.44. The molecule has 0 bridgehead atoms. The second kappa shape index (κ2) is 8.19. The van der Waals surface area contributed by atoms with Crippen LogP contribution in [-0.4, -0.2) is 24.1 Å². The number of rotatable bonds is 4. The SMILES string of the molecule is Cc1ccc(C)c(N=C2C(=O)N(CC(=O)Nc3cc(C)ccc3C)c3ccccc32)c1. The van der Waals surface area contributed by atoms with E-state index in [-0.39, 0.29) is 18.4 Å². The number of anilines is 2. The minimum Gasteiger partial charge on any atom is -0.324 e. The number of hydrogen-bond acceptors (Lipinski definition) is 3. The van der Waals surface area contributed by atoms with Crippen LogP contribution >= 0.6 is 0 Å². The number of carbonyl (C=O) groups excluding carboxylic acids is 2. The lowest BCUT2D eigenvalue weighted by Crippen LogP contribution is -2.37. The quantitative estimate of drug-likeness (QED) is 0.655. The summed E-state index contributed by atoms with van der Waals surface area (Å²) in [7, 11) is 0. The molecule has 1 N–H and O–H groups in total. The Morgan fingerprint density at radius 1 is 0.903 bits per heavy atom. The van der Waals surface area contributed by atoms with Gasteiger partial charge in [-0.3, -0.25) is 14.5 Å². The zero-order valence-electron chi connectivity index (χ0n) is 18.2. The highest BCUT2D eigenvalue weighted by Gasteiger charge is 2.35. The highest BCUT2D eigenvalue weighted by Crippen LogP contribution is 2.31. The number of aryl methyl sites for hydroxylation is 4. The molecule has 5 nitrogen and oxygen atoms in total. The minimum absolute atomic E-state index is 0.0744. The summed E-state index contributed by atoms with van der Waals surface area (Å²) in [6.45, 7) is 7.82. The molecule has 0 saturated carbocycles. The molecule has 1 aliphatic rings. The maximum atomic E-state index is 13.3. The van der Waals surface area contributed by atoms with E-state index in [1.165, 1.54) is 4.90 Å². The van der Waals surface area contributed by atoms with Gasteiger partial charge in [-0.1, -0.05) is 42.5 Å². The molecular formula is C26H25N3O2. The van der Waals surface area contributed by atoms with Gasteiger partial charge in [0.15, 0.2) is 0 Å². The molecule has 156 valence electrons. The Balaban J connectivity index is 1.64. The fraction of sp³-hybridized carbons (Fsp3) is 0.192. The van der Waals surface area contributed by atoms with E-state index in [0.29, 0.717) is 11.4 Å². The fourth-order valence-corrected chi connectivity index (χ4v) is 3.69. The van der Waals surface area contributed by atoms with E-state index < -0.39 is 0 Å². The average Bonchev–Trinajstić information content (AvgIpc) is 2.99. The predicted octanol–water partition coefficient (Wildman–Crippen LogP) is 5.03. The number of amides is 2. The third kappa shape index (κ3) is 4.12. The summed E-state index contributed by atoms with van der Waals surface area (Å²) in [5.74, 6) is -0.511. The molecule has 0 spiro atoms. The van der Waals surface area contributed by atoms with E-state index in [9.17, 15) is 9.59 Å². The van der Waals surface area contributed by atoms with Gasteiger partial charge in [0.05, 0.1) is 11.4 Å². The van der Waals surface area contributed by atoms with Gasteiger partial charge in [-0.05, 0) is 68.1 Å². The number of nitrogens with zero attached hydrogens (tertiary/aromatic N) is 2. The zero-order valence-corrected chi connectivity index (χ0v) is 18.2. The zero-order chi connectivity index (χ0) is 22.1. The summed E-state index contributed by atoms with van der Waals surface area (Å²) in [5, 5.41) is 2.94. The summed E-state index contributed by atoms with van der Waals surface area (Å²) in [4.78, 5) is 32.3. The van der Waals surface area contributed by atoms with Crippen LogP contribution in [0.2, 0.25) is 0 Å². The van der Waals surface area contributed by atoms with Crippen molar-refractivity contribution in [3.05, 3.63) is 88.5 Å². The summed E-state index contributed by atoms with van der Waals surface area (Å²) >= 11 is 0. The van der Waals surface area contributed by atoms with Gasteiger partial charge < -0.3 is 5.32 Å². The Hall–Kier alpha value is -3.73. The standard InChI is InChI=1S/C26H25N3O2/c1-16-9-11-18(3)21(13-16)27-24(30)15-29-23-8-6-5-7-20(23)25(26(29)31)28-22-14-17(2)10-12-19(22)4/h5-14H,15H2,1-4H3,(H,27,30). The molecule has 0 atom stereocenters. The van der Waals surface area contributed by atoms with Crippen molar-refractivity contribution in [2.75, 3.05) is 16.8 Å². The minimum atomic E-state index is -0.266. The summed E-state index contributed by atoms with van der Waals surface area (Å²) < 4.78 is 0. The number of aliphatic imine (C=N–C) groups is 1. The van der Waals surface area contributed by atoms with Gasteiger partial charge in [-0.2, -0.15) is 0 Å². The van der Waals surface area contributed by atoms with Crippen molar-refractivity contribution in [2.24, 2.45) is 4.99 Å². The third-order valence-electron chi connectivity index (χ3n) is 5.46. The highest BCUT2D eigenvalue weighted by molar-refractivity contribution is 6.55. The van der Waals surface area contributed by atoms with E-state index in [1.807, 2.05) is 88.4 Å². The molecule has 3 aromatic rings. The Morgan fingerprint density at radius 3 is 2.35 bits per heavy atom. The first-order valence-corrected chi connectivity index (χ1v) is 10.3. The van der Waals surface area contributed by atoms with E-state index in [4.69, 9.17) is 4.99 Å². The predicted molar refractivity (Wildman–Crippen MR) is 125 cm³/mol. The van der Waals surface area contributed by atoms with Gasteiger partial charge in [0.25, 0.3) is 5.91 Å². The lowest BCUT2D eigenvalue weighted by atomic mass is 10.1.